The SMILES string of the molecule is O=C(C[NH+]1CCN(c2ccccc2O)CC1)N1CC[NH+](C/C=C/c2ccccc2)CC1. The molecule has 2 aliphatic heterocycles. The maximum atomic E-state index is 12.8. The smallest absolute Gasteiger partial charge is 0.278 e. The maximum absolute atomic E-state index is 12.8. The first-order chi connectivity index (χ1) is 15.2. The van der Waals surface area contributed by atoms with E-state index in [1.54, 1.807) is 11.0 Å². The molecule has 6 nitrogen and oxygen atoms in total. The zero-order valence-electron chi connectivity index (χ0n) is 18.2. The number of rotatable bonds is 6. The predicted octanol–water partition coefficient (Wildman–Crippen LogP) is -0.462. The molecule has 2 heterocycles. The van der Waals surface area contributed by atoms with Crippen molar-refractivity contribution in [3.8, 4) is 5.75 Å². The lowest BCUT2D eigenvalue weighted by Gasteiger charge is -2.35. The van der Waals surface area contributed by atoms with Gasteiger partial charge in [-0.15, -0.1) is 0 Å². The maximum Gasteiger partial charge on any atom is 0.278 e. The Morgan fingerprint density at radius 2 is 1.52 bits per heavy atom. The molecule has 6 heteroatoms. The van der Waals surface area contributed by atoms with Gasteiger partial charge in [0.05, 0.1) is 64.6 Å². The van der Waals surface area contributed by atoms with Crippen LogP contribution in [0, 0.1) is 0 Å². The minimum atomic E-state index is 0.282. The molecule has 0 unspecified atom stereocenters. The molecule has 0 bridgehead atoms. The molecule has 164 valence electrons. The summed E-state index contributed by atoms with van der Waals surface area (Å²) < 4.78 is 0. The van der Waals surface area contributed by atoms with Crippen molar-refractivity contribution in [2.45, 2.75) is 0 Å². The number of hydrogen-bond donors (Lipinski definition) is 3. The monoisotopic (exact) mass is 422 g/mol. The number of phenols is 1. The molecule has 2 aliphatic rings. The molecule has 0 saturated carbocycles. The number of hydrogen-bond acceptors (Lipinski definition) is 3. The van der Waals surface area contributed by atoms with E-state index >= 15 is 0 Å². The molecular weight excluding hydrogens is 388 g/mol. The van der Waals surface area contributed by atoms with Crippen molar-refractivity contribution in [1.29, 1.82) is 0 Å². The number of phenolic OH excluding ortho intramolecular Hbond substituents is 1. The molecule has 0 spiro atoms. The first-order valence-corrected chi connectivity index (χ1v) is 11.4. The zero-order chi connectivity index (χ0) is 21.5. The van der Waals surface area contributed by atoms with Crippen LogP contribution in [0.25, 0.3) is 6.08 Å². The largest absolute Gasteiger partial charge is 0.506 e. The molecule has 2 fully saturated rings. The molecule has 2 saturated heterocycles. The highest BCUT2D eigenvalue weighted by Crippen LogP contribution is 2.25. The van der Waals surface area contributed by atoms with Gasteiger partial charge in [-0.3, -0.25) is 4.79 Å². The van der Waals surface area contributed by atoms with Crippen LogP contribution in [-0.2, 0) is 4.79 Å². The number of para-hydroxylation sites is 2. The number of nitrogens with one attached hydrogen (secondary N) is 2. The van der Waals surface area contributed by atoms with Crippen molar-refractivity contribution in [3.63, 3.8) is 0 Å². The summed E-state index contributed by atoms with van der Waals surface area (Å²) in [5.41, 5.74) is 2.13. The van der Waals surface area contributed by atoms with Crippen molar-refractivity contribution >= 4 is 17.7 Å². The molecule has 0 aliphatic carbocycles. The van der Waals surface area contributed by atoms with Crippen molar-refractivity contribution in [1.82, 2.24) is 4.90 Å². The van der Waals surface area contributed by atoms with Gasteiger partial charge in [0.25, 0.3) is 5.91 Å². The quantitative estimate of drug-likeness (QED) is 0.591. The standard InChI is InChI=1S/C25H32N4O2/c30-24-11-5-4-10-23(24)28-17-15-27(16-18-28)21-25(31)29-19-13-26(14-20-29)12-6-9-22-7-2-1-3-8-22/h1-11,30H,12-21H2/p+2/b9-6+. The van der Waals surface area contributed by atoms with Gasteiger partial charge in [0.1, 0.15) is 5.75 Å². The zero-order valence-corrected chi connectivity index (χ0v) is 18.2. The summed E-state index contributed by atoms with van der Waals surface area (Å²) in [4.78, 5) is 20.0. The molecule has 2 aromatic carbocycles. The number of aromatic hydroxyl groups is 1. The summed E-state index contributed by atoms with van der Waals surface area (Å²) in [7, 11) is 0. The van der Waals surface area contributed by atoms with Crippen LogP contribution in [0.1, 0.15) is 5.56 Å². The fourth-order valence-corrected chi connectivity index (χ4v) is 4.50. The topological polar surface area (TPSA) is 52.7 Å². The van der Waals surface area contributed by atoms with Crippen molar-refractivity contribution in [2.75, 3.05) is 70.3 Å². The minimum absolute atomic E-state index is 0.282. The van der Waals surface area contributed by atoms with E-state index in [1.165, 1.54) is 10.5 Å². The van der Waals surface area contributed by atoms with Crippen LogP contribution in [0.2, 0.25) is 0 Å². The first-order valence-electron chi connectivity index (χ1n) is 11.4. The third-order valence-corrected chi connectivity index (χ3v) is 6.43. The van der Waals surface area contributed by atoms with E-state index in [2.05, 4.69) is 41.3 Å². The molecule has 4 rings (SSSR count). The Morgan fingerprint density at radius 1 is 0.871 bits per heavy atom. The second kappa shape index (κ2) is 10.5. The molecule has 0 aromatic heterocycles. The number of benzene rings is 2. The van der Waals surface area contributed by atoms with Crippen LogP contribution in [0.4, 0.5) is 5.69 Å². The Kier molecular flexibility index (Phi) is 7.22. The fourth-order valence-electron chi connectivity index (χ4n) is 4.50. The summed E-state index contributed by atoms with van der Waals surface area (Å²) in [5.74, 6) is 0.617. The van der Waals surface area contributed by atoms with E-state index in [1.807, 2.05) is 29.2 Å². The molecule has 0 atom stereocenters. The molecule has 3 N–H and O–H groups in total. The highest BCUT2D eigenvalue weighted by Gasteiger charge is 2.28. The van der Waals surface area contributed by atoms with Crippen LogP contribution >= 0.6 is 0 Å². The second-order valence-corrected chi connectivity index (χ2v) is 8.55. The Balaban J connectivity index is 1.17. The summed E-state index contributed by atoms with van der Waals surface area (Å²) in [6.45, 7) is 8.91. The van der Waals surface area contributed by atoms with E-state index in [4.69, 9.17) is 0 Å². The first kappa shape index (κ1) is 21.4. The number of anilines is 1. The van der Waals surface area contributed by atoms with Gasteiger partial charge in [-0.1, -0.05) is 48.5 Å². The van der Waals surface area contributed by atoms with Crippen LogP contribution in [0.5, 0.6) is 5.75 Å². The summed E-state index contributed by atoms with van der Waals surface area (Å²) in [5, 5.41) is 10.1. The van der Waals surface area contributed by atoms with Crippen molar-refractivity contribution in [3.05, 3.63) is 66.2 Å². The predicted molar refractivity (Wildman–Crippen MR) is 124 cm³/mol. The van der Waals surface area contributed by atoms with E-state index in [0.29, 0.717) is 12.3 Å². The minimum Gasteiger partial charge on any atom is -0.506 e. The second-order valence-electron chi connectivity index (χ2n) is 8.55. The van der Waals surface area contributed by atoms with E-state index < -0.39 is 0 Å². The van der Waals surface area contributed by atoms with E-state index in [9.17, 15) is 9.90 Å². The molecule has 1 amide bonds. The van der Waals surface area contributed by atoms with Gasteiger partial charge in [-0.25, -0.2) is 0 Å². The lowest BCUT2D eigenvalue weighted by Crippen LogP contribution is -3.16. The van der Waals surface area contributed by atoms with Crippen LogP contribution in [0.3, 0.4) is 0 Å². The number of amides is 1. The van der Waals surface area contributed by atoms with E-state index in [-0.39, 0.29) is 5.91 Å². The Bertz CT molecular complexity index is 870. The summed E-state index contributed by atoms with van der Waals surface area (Å²) in [6.07, 6.45) is 4.43. The third-order valence-electron chi connectivity index (χ3n) is 6.43. The van der Waals surface area contributed by atoms with Crippen LogP contribution in [0.15, 0.2) is 60.7 Å². The molecule has 31 heavy (non-hydrogen) atoms. The number of quaternary nitrogens is 2. The summed E-state index contributed by atoms with van der Waals surface area (Å²) >= 11 is 0. The van der Waals surface area contributed by atoms with Gasteiger partial charge in [0.15, 0.2) is 6.54 Å². The van der Waals surface area contributed by atoms with Gasteiger partial charge >= 0.3 is 0 Å². The third kappa shape index (κ3) is 5.87. The summed E-state index contributed by atoms with van der Waals surface area (Å²) in [6, 6.07) is 17.9. The lowest BCUT2D eigenvalue weighted by molar-refractivity contribution is -0.899. The molecular formula is C25H34N4O2+2. The van der Waals surface area contributed by atoms with Crippen molar-refractivity contribution < 1.29 is 19.7 Å². The van der Waals surface area contributed by atoms with Gasteiger partial charge in [-0.05, 0) is 23.8 Å². The normalized spacial score (nSPS) is 18.6. The number of nitrogens with zero attached hydrogens (tertiary/aromatic N) is 2. The molecule has 0 radical (unpaired) electrons. The van der Waals surface area contributed by atoms with Crippen LogP contribution < -0.4 is 14.7 Å². The fraction of sp³-hybridized carbons (Fsp3) is 0.400. The van der Waals surface area contributed by atoms with Crippen molar-refractivity contribution in [2.24, 2.45) is 0 Å². The Morgan fingerprint density at radius 3 is 2.23 bits per heavy atom. The lowest BCUT2D eigenvalue weighted by atomic mass is 10.2. The number of piperazine rings is 2. The van der Waals surface area contributed by atoms with Gasteiger partial charge in [0.2, 0.25) is 0 Å². The Labute approximate surface area is 185 Å². The Hall–Kier alpha value is -2.83. The average Bonchev–Trinajstić information content (AvgIpc) is 2.81. The van der Waals surface area contributed by atoms with Gasteiger partial charge in [-0.2, -0.15) is 0 Å². The van der Waals surface area contributed by atoms with Gasteiger partial charge < -0.3 is 24.7 Å². The van der Waals surface area contributed by atoms with Crippen LogP contribution in [-0.4, -0.2) is 81.4 Å². The average molecular weight is 423 g/mol. The van der Waals surface area contributed by atoms with Gasteiger partial charge in [0, 0.05) is 0 Å². The number of carbonyl (C=O) groups is 1. The molecule has 2 aromatic rings. The number of carbonyl (C=O) groups excluding carboxylic acids is 1. The van der Waals surface area contributed by atoms with E-state index in [0.717, 1.165) is 64.6 Å². The highest BCUT2D eigenvalue weighted by atomic mass is 16.3. The highest BCUT2D eigenvalue weighted by molar-refractivity contribution is 5.77.